The number of hydrogen-bond donors (Lipinski definition) is 1. The minimum Gasteiger partial charge on any atom is -0.434 e. The van der Waals surface area contributed by atoms with Gasteiger partial charge in [0.1, 0.15) is 17.2 Å². The average molecular weight is 518 g/mol. The van der Waals surface area contributed by atoms with E-state index in [1.807, 2.05) is 24.3 Å². The molecule has 0 spiro atoms. The molecule has 2 aromatic carbocycles. The van der Waals surface area contributed by atoms with Gasteiger partial charge in [0.2, 0.25) is 0 Å². The van der Waals surface area contributed by atoms with Crippen molar-refractivity contribution in [3.05, 3.63) is 72.2 Å². The summed E-state index contributed by atoms with van der Waals surface area (Å²) in [6, 6.07) is 10.7. The number of fused-ring (bicyclic) bond motifs is 3. The Morgan fingerprint density at radius 2 is 1.87 bits per heavy atom. The van der Waals surface area contributed by atoms with Gasteiger partial charge < -0.3 is 14.4 Å². The summed E-state index contributed by atoms with van der Waals surface area (Å²) in [5.74, 6) is 1.32. The van der Waals surface area contributed by atoms with E-state index in [-0.39, 0.29) is 11.8 Å². The molecule has 3 aromatic heterocycles. The molecule has 1 N–H and O–H groups in total. The minimum absolute atomic E-state index is 0.116. The van der Waals surface area contributed by atoms with Crippen LogP contribution in [0.1, 0.15) is 43.5 Å². The van der Waals surface area contributed by atoms with Crippen molar-refractivity contribution in [3.8, 4) is 28.1 Å². The molecule has 6 rings (SSSR count). The van der Waals surface area contributed by atoms with Crippen molar-refractivity contribution < 1.29 is 18.6 Å². The topological polar surface area (TPSA) is 104 Å². The number of imidazole rings is 1. The fraction of sp³-hybridized carbons (Fsp3) is 0.296. The Labute approximate surface area is 216 Å². The number of benzene rings is 2. The molecule has 0 radical (unpaired) electrons. The molecule has 1 atom stereocenters. The van der Waals surface area contributed by atoms with Gasteiger partial charge in [-0.15, -0.1) is 5.10 Å². The predicted octanol–water partition coefficient (Wildman–Crippen LogP) is 4.65. The van der Waals surface area contributed by atoms with E-state index >= 15 is 0 Å². The van der Waals surface area contributed by atoms with Crippen LogP contribution in [0.15, 0.2) is 55.0 Å². The zero-order valence-electron chi connectivity index (χ0n) is 21.0. The largest absolute Gasteiger partial charge is 0.434 e. The standard InChI is InChI=1S/C27H25F2N7O2/c1-27(2,37)25-30-12-16(13-31-25)15-7-8-18-20(11-15)36-19(9-10-23(36)33-18)24-17(21-14-32-34-35(21)3)5-4-6-22(24)38-26(28)29/h4-8,11-14,19,26,37H,9-10H2,1-3H3/t19-/m1/s1. The van der Waals surface area contributed by atoms with E-state index in [4.69, 9.17) is 9.72 Å². The Morgan fingerprint density at radius 3 is 2.55 bits per heavy atom. The molecule has 9 nitrogen and oxygen atoms in total. The second-order valence-electron chi connectivity index (χ2n) is 9.85. The Morgan fingerprint density at radius 1 is 1.08 bits per heavy atom. The van der Waals surface area contributed by atoms with Crippen LogP contribution >= 0.6 is 0 Å². The van der Waals surface area contributed by atoms with Gasteiger partial charge in [0, 0.05) is 42.6 Å². The quantitative estimate of drug-likeness (QED) is 0.350. The molecule has 38 heavy (non-hydrogen) atoms. The van der Waals surface area contributed by atoms with Crippen LogP contribution in [-0.4, -0.2) is 46.2 Å². The van der Waals surface area contributed by atoms with Gasteiger partial charge in [-0.1, -0.05) is 23.4 Å². The molecular formula is C27H25F2N7O2. The van der Waals surface area contributed by atoms with E-state index in [0.29, 0.717) is 29.9 Å². The van der Waals surface area contributed by atoms with Gasteiger partial charge in [-0.2, -0.15) is 8.78 Å². The van der Waals surface area contributed by atoms with E-state index in [2.05, 4.69) is 24.8 Å². The monoisotopic (exact) mass is 517 g/mol. The normalized spacial score (nSPS) is 15.4. The molecule has 0 saturated heterocycles. The second-order valence-corrected chi connectivity index (χ2v) is 9.85. The zero-order chi connectivity index (χ0) is 26.6. The number of halogens is 2. The first-order valence-electron chi connectivity index (χ1n) is 12.2. The van der Waals surface area contributed by atoms with Crippen LogP contribution in [0.4, 0.5) is 8.78 Å². The molecule has 0 aliphatic carbocycles. The third kappa shape index (κ3) is 4.08. The number of nitrogens with zero attached hydrogens (tertiary/aromatic N) is 7. The molecular weight excluding hydrogens is 492 g/mol. The highest BCUT2D eigenvalue weighted by Gasteiger charge is 2.33. The summed E-state index contributed by atoms with van der Waals surface area (Å²) in [4.78, 5) is 13.5. The molecule has 1 aliphatic heterocycles. The van der Waals surface area contributed by atoms with E-state index < -0.39 is 12.2 Å². The van der Waals surface area contributed by atoms with Gasteiger partial charge in [0.15, 0.2) is 5.82 Å². The lowest BCUT2D eigenvalue weighted by Crippen LogP contribution is -2.19. The van der Waals surface area contributed by atoms with Gasteiger partial charge in [-0.25, -0.2) is 19.6 Å². The lowest BCUT2D eigenvalue weighted by molar-refractivity contribution is -0.0506. The van der Waals surface area contributed by atoms with Crippen molar-refractivity contribution in [2.45, 2.75) is 44.9 Å². The number of alkyl halides is 2. The average Bonchev–Trinajstić information content (AvgIpc) is 3.58. The van der Waals surface area contributed by atoms with Crippen molar-refractivity contribution >= 4 is 11.0 Å². The number of rotatable bonds is 6. The van der Waals surface area contributed by atoms with Crippen molar-refractivity contribution in [2.24, 2.45) is 7.05 Å². The van der Waals surface area contributed by atoms with Crippen LogP contribution in [-0.2, 0) is 19.1 Å². The fourth-order valence-electron chi connectivity index (χ4n) is 5.15. The summed E-state index contributed by atoms with van der Waals surface area (Å²) >= 11 is 0. The van der Waals surface area contributed by atoms with Gasteiger partial charge in [-0.3, -0.25) is 0 Å². The van der Waals surface area contributed by atoms with Gasteiger partial charge in [0.25, 0.3) is 0 Å². The van der Waals surface area contributed by atoms with Gasteiger partial charge >= 0.3 is 6.61 Å². The lowest BCUT2D eigenvalue weighted by atomic mass is 9.95. The second kappa shape index (κ2) is 8.95. The molecule has 11 heteroatoms. The Kier molecular flexibility index (Phi) is 5.68. The van der Waals surface area contributed by atoms with Crippen molar-refractivity contribution in [3.63, 3.8) is 0 Å². The SMILES string of the molecule is Cn1nncc1-c1cccc(OC(F)F)c1[C@H]1CCc2nc3ccc(-c4cnc(C(C)(C)O)nc4)cc3n21. The van der Waals surface area contributed by atoms with Crippen LogP contribution in [0.5, 0.6) is 5.75 Å². The highest BCUT2D eigenvalue weighted by molar-refractivity contribution is 5.83. The molecule has 194 valence electrons. The van der Waals surface area contributed by atoms with Crippen molar-refractivity contribution in [2.75, 3.05) is 0 Å². The number of aromatic nitrogens is 7. The van der Waals surface area contributed by atoms with E-state index in [9.17, 15) is 13.9 Å². The summed E-state index contributed by atoms with van der Waals surface area (Å²) < 4.78 is 35.7. The van der Waals surface area contributed by atoms with E-state index in [1.165, 1.54) is 0 Å². The molecule has 0 saturated carbocycles. The highest BCUT2D eigenvalue weighted by atomic mass is 19.3. The number of hydrogen-bond acceptors (Lipinski definition) is 7. The maximum atomic E-state index is 13.5. The lowest BCUT2D eigenvalue weighted by Gasteiger charge is -2.22. The summed E-state index contributed by atoms with van der Waals surface area (Å²) in [5, 5.41) is 18.2. The van der Waals surface area contributed by atoms with E-state index in [1.54, 1.807) is 56.3 Å². The Bertz CT molecular complexity index is 1640. The smallest absolute Gasteiger partial charge is 0.387 e. The summed E-state index contributed by atoms with van der Waals surface area (Å²) in [5.41, 5.74) is 4.25. The minimum atomic E-state index is -2.97. The first-order valence-corrected chi connectivity index (χ1v) is 12.2. The Hall–Kier alpha value is -4.25. The number of aliphatic hydroxyl groups is 1. The maximum Gasteiger partial charge on any atom is 0.387 e. The predicted molar refractivity (Wildman–Crippen MR) is 136 cm³/mol. The first-order chi connectivity index (χ1) is 18.2. The van der Waals surface area contributed by atoms with Crippen molar-refractivity contribution in [1.82, 2.24) is 34.5 Å². The molecule has 0 bridgehead atoms. The van der Waals surface area contributed by atoms with Crippen molar-refractivity contribution in [1.29, 1.82) is 0 Å². The summed E-state index contributed by atoms with van der Waals surface area (Å²) in [6.07, 6.45) is 6.33. The maximum absolute atomic E-state index is 13.5. The molecule has 0 amide bonds. The number of aryl methyl sites for hydroxylation is 2. The van der Waals surface area contributed by atoms with Crippen LogP contribution < -0.4 is 4.74 Å². The molecule has 4 heterocycles. The van der Waals surface area contributed by atoms with Gasteiger partial charge in [-0.05, 0) is 44.0 Å². The molecule has 0 unspecified atom stereocenters. The first kappa shape index (κ1) is 24.1. The Balaban J connectivity index is 1.50. The summed E-state index contributed by atoms with van der Waals surface area (Å²) in [7, 11) is 1.76. The van der Waals surface area contributed by atoms with Crippen LogP contribution in [0.3, 0.4) is 0 Å². The molecule has 1 aliphatic rings. The zero-order valence-corrected chi connectivity index (χ0v) is 21.0. The van der Waals surface area contributed by atoms with Crippen LogP contribution in [0.25, 0.3) is 33.4 Å². The number of ether oxygens (including phenoxy) is 1. The van der Waals surface area contributed by atoms with Gasteiger partial charge in [0.05, 0.1) is 29.0 Å². The van der Waals surface area contributed by atoms with Crippen LogP contribution in [0, 0.1) is 0 Å². The highest BCUT2D eigenvalue weighted by Crippen LogP contribution is 2.44. The molecule has 0 fully saturated rings. The third-order valence-electron chi connectivity index (χ3n) is 6.85. The molecule has 5 aromatic rings. The summed E-state index contributed by atoms with van der Waals surface area (Å²) in [6.45, 7) is 0.303. The third-order valence-corrected chi connectivity index (χ3v) is 6.85. The van der Waals surface area contributed by atoms with E-state index in [0.717, 1.165) is 33.5 Å². The van der Waals surface area contributed by atoms with Crippen LogP contribution in [0.2, 0.25) is 0 Å². The fourth-order valence-corrected chi connectivity index (χ4v) is 5.15.